The molecule has 8 heteroatoms. The highest BCUT2D eigenvalue weighted by atomic mass is 35.5. The van der Waals surface area contributed by atoms with E-state index in [0.29, 0.717) is 46.0 Å². The molecule has 1 heterocycles. The fourth-order valence-electron chi connectivity index (χ4n) is 2.78. The van der Waals surface area contributed by atoms with Gasteiger partial charge in [0.15, 0.2) is 0 Å². The SMILES string of the molecule is COc1cc2ncc(C#N)c(Nc3ccc(F)c(Cl)c3)c2cc1NC/C=C/CCl. The van der Waals surface area contributed by atoms with Gasteiger partial charge in [-0.2, -0.15) is 5.26 Å². The van der Waals surface area contributed by atoms with E-state index in [1.807, 2.05) is 18.2 Å². The van der Waals surface area contributed by atoms with Crippen molar-refractivity contribution in [3.8, 4) is 11.8 Å². The maximum Gasteiger partial charge on any atom is 0.144 e. The number of aromatic nitrogens is 1. The van der Waals surface area contributed by atoms with E-state index in [1.54, 1.807) is 19.2 Å². The van der Waals surface area contributed by atoms with Crippen molar-refractivity contribution in [2.45, 2.75) is 0 Å². The first-order chi connectivity index (χ1) is 14.1. The van der Waals surface area contributed by atoms with Crippen LogP contribution in [0, 0.1) is 17.1 Å². The number of halogens is 3. The highest BCUT2D eigenvalue weighted by molar-refractivity contribution is 6.31. The molecule has 1 aromatic heterocycles. The number of alkyl halides is 1. The molecular formula is C21H17Cl2FN4O. The number of benzene rings is 2. The molecule has 0 saturated carbocycles. The summed E-state index contributed by atoms with van der Waals surface area (Å²) in [5, 5.41) is 16.7. The molecule has 148 valence electrons. The van der Waals surface area contributed by atoms with Gasteiger partial charge in [0.05, 0.1) is 34.6 Å². The molecule has 0 spiro atoms. The van der Waals surface area contributed by atoms with E-state index < -0.39 is 5.82 Å². The third-order valence-corrected chi connectivity index (χ3v) is 4.63. The van der Waals surface area contributed by atoms with E-state index in [-0.39, 0.29) is 5.02 Å². The first-order valence-electron chi connectivity index (χ1n) is 8.65. The Labute approximate surface area is 177 Å². The van der Waals surface area contributed by atoms with Crippen molar-refractivity contribution in [1.82, 2.24) is 4.98 Å². The number of hydrogen-bond acceptors (Lipinski definition) is 5. The average molecular weight is 431 g/mol. The van der Waals surface area contributed by atoms with E-state index in [1.165, 1.54) is 18.3 Å². The number of fused-ring (bicyclic) bond motifs is 1. The Morgan fingerprint density at radius 1 is 1.28 bits per heavy atom. The first-order valence-corrected chi connectivity index (χ1v) is 9.56. The maximum absolute atomic E-state index is 13.5. The summed E-state index contributed by atoms with van der Waals surface area (Å²) in [5.74, 6) is 0.531. The van der Waals surface area contributed by atoms with Gasteiger partial charge in [-0.3, -0.25) is 4.98 Å². The second-order valence-corrected chi connectivity index (χ2v) is 6.70. The molecule has 0 radical (unpaired) electrons. The Balaban J connectivity index is 2.09. The van der Waals surface area contributed by atoms with E-state index in [0.717, 1.165) is 5.69 Å². The summed E-state index contributed by atoms with van der Waals surface area (Å²) in [6.45, 7) is 0.552. The Morgan fingerprint density at radius 3 is 2.79 bits per heavy atom. The highest BCUT2D eigenvalue weighted by Crippen LogP contribution is 2.36. The predicted molar refractivity (Wildman–Crippen MR) is 116 cm³/mol. The number of allylic oxidation sites excluding steroid dienone is 1. The van der Waals surface area contributed by atoms with Crippen LogP contribution in [0.25, 0.3) is 10.9 Å². The number of nitrogens with zero attached hydrogens (tertiary/aromatic N) is 2. The second kappa shape index (κ2) is 9.46. The monoisotopic (exact) mass is 430 g/mol. The quantitative estimate of drug-likeness (QED) is 0.362. The molecule has 0 aliphatic rings. The number of methoxy groups -OCH3 is 1. The van der Waals surface area contributed by atoms with Crippen LogP contribution in [0.3, 0.4) is 0 Å². The number of hydrogen-bond donors (Lipinski definition) is 2. The van der Waals surface area contributed by atoms with Gasteiger partial charge in [-0.1, -0.05) is 23.8 Å². The molecule has 0 atom stereocenters. The molecule has 0 saturated heterocycles. The van der Waals surface area contributed by atoms with Gasteiger partial charge in [-0.05, 0) is 24.3 Å². The molecule has 0 unspecified atom stereocenters. The van der Waals surface area contributed by atoms with Crippen LogP contribution in [0.5, 0.6) is 5.75 Å². The lowest BCUT2D eigenvalue weighted by Gasteiger charge is -2.15. The molecule has 2 N–H and O–H groups in total. The lowest BCUT2D eigenvalue weighted by molar-refractivity contribution is 0.417. The molecule has 5 nitrogen and oxygen atoms in total. The largest absolute Gasteiger partial charge is 0.495 e. The Bertz CT molecular complexity index is 1110. The molecule has 29 heavy (non-hydrogen) atoms. The van der Waals surface area contributed by atoms with Crippen LogP contribution in [0.1, 0.15) is 5.56 Å². The van der Waals surface area contributed by atoms with Gasteiger partial charge in [-0.25, -0.2) is 4.39 Å². The summed E-state index contributed by atoms with van der Waals surface area (Å²) < 4.78 is 18.9. The van der Waals surface area contributed by atoms with Crippen LogP contribution >= 0.6 is 23.2 Å². The van der Waals surface area contributed by atoms with E-state index in [4.69, 9.17) is 27.9 Å². The smallest absolute Gasteiger partial charge is 0.144 e. The summed E-state index contributed by atoms with van der Waals surface area (Å²) in [7, 11) is 1.57. The molecule has 3 rings (SSSR count). The zero-order valence-electron chi connectivity index (χ0n) is 15.5. The number of pyridine rings is 1. The fourth-order valence-corrected chi connectivity index (χ4v) is 3.09. The van der Waals surface area contributed by atoms with Gasteiger partial charge < -0.3 is 15.4 Å². The van der Waals surface area contributed by atoms with Crippen LogP contribution in [-0.2, 0) is 0 Å². The minimum Gasteiger partial charge on any atom is -0.495 e. The van der Waals surface area contributed by atoms with Gasteiger partial charge in [0.25, 0.3) is 0 Å². The van der Waals surface area contributed by atoms with Gasteiger partial charge in [0, 0.05) is 35.8 Å². The molecule has 0 aliphatic carbocycles. The number of nitriles is 1. The molecule has 0 fully saturated rings. The van der Waals surface area contributed by atoms with E-state index in [9.17, 15) is 9.65 Å². The van der Waals surface area contributed by atoms with Crippen molar-refractivity contribution in [2.75, 3.05) is 30.2 Å². The molecular weight excluding hydrogens is 414 g/mol. The van der Waals surface area contributed by atoms with Crippen molar-refractivity contribution >= 4 is 51.2 Å². The Hall–Kier alpha value is -3.01. The van der Waals surface area contributed by atoms with Gasteiger partial charge in [0.2, 0.25) is 0 Å². The topological polar surface area (TPSA) is 70.0 Å². The standard InChI is InChI=1S/C21H17Cl2FN4O/c1-29-20-10-18-15(9-19(20)26-7-3-2-6-22)21(13(11-25)12-27-18)28-14-4-5-17(24)16(23)8-14/h2-5,8-10,12,26H,6-7H2,1H3,(H,27,28)/b3-2+. The van der Waals surface area contributed by atoms with Crippen LogP contribution in [0.4, 0.5) is 21.5 Å². The normalized spacial score (nSPS) is 10.9. The maximum atomic E-state index is 13.5. The lowest BCUT2D eigenvalue weighted by Crippen LogP contribution is -2.03. The third-order valence-electron chi connectivity index (χ3n) is 4.16. The predicted octanol–water partition coefficient (Wildman–Crippen LogP) is 5.86. The van der Waals surface area contributed by atoms with Crippen molar-refractivity contribution in [1.29, 1.82) is 5.26 Å². The minimum atomic E-state index is -0.515. The van der Waals surface area contributed by atoms with Gasteiger partial charge >= 0.3 is 0 Å². The summed E-state index contributed by atoms with van der Waals surface area (Å²) in [6.07, 6.45) is 5.22. The Kier molecular flexibility index (Phi) is 6.76. The average Bonchev–Trinajstić information content (AvgIpc) is 2.73. The minimum absolute atomic E-state index is 0.0121. The number of nitrogens with one attached hydrogen (secondary N) is 2. The molecule has 0 amide bonds. The lowest BCUT2D eigenvalue weighted by atomic mass is 10.1. The van der Waals surface area contributed by atoms with Crippen molar-refractivity contribution in [3.05, 3.63) is 65.1 Å². The Morgan fingerprint density at radius 2 is 2.10 bits per heavy atom. The number of anilines is 3. The first kappa shape index (κ1) is 20.7. The van der Waals surface area contributed by atoms with Crippen molar-refractivity contribution in [3.63, 3.8) is 0 Å². The van der Waals surface area contributed by atoms with Crippen LogP contribution in [0.2, 0.25) is 5.02 Å². The highest BCUT2D eigenvalue weighted by Gasteiger charge is 2.14. The van der Waals surface area contributed by atoms with Crippen molar-refractivity contribution < 1.29 is 9.13 Å². The molecule has 2 aromatic carbocycles. The van der Waals surface area contributed by atoms with E-state index in [2.05, 4.69) is 21.7 Å². The molecule has 0 aliphatic heterocycles. The van der Waals surface area contributed by atoms with Crippen molar-refractivity contribution in [2.24, 2.45) is 0 Å². The molecule has 0 bridgehead atoms. The zero-order valence-corrected chi connectivity index (χ0v) is 17.0. The summed E-state index contributed by atoms with van der Waals surface area (Å²) in [6, 6.07) is 10.0. The third kappa shape index (κ3) is 4.70. The number of rotatable bonds is 7. The summed E-state index contributed by atoms with van der Waals surface area (Å²) in [5.41, 5.74) is 2.81. The summed E-state index contributed by atoms with van der Waals surface area (Å²) >= 11 is 11.5. The van der Waals surface area contributed by atoms with Gasteiger partial charge in [0.1, 0.15) is 17.6 Å². The van der Waals surface area contributed by atoms with Crippen LogP contribution in [-0.4, -0.2) is 24.5 Å². The van der Waals surface area contributed by atoms with E-state index >= 15 is 0 Å². The number of ether oxygens (including phenoxy) is 1. The zero-order chi connectivity index (χ0) is 20.8. The molecule has 3 aromatic rings. The fraction of sp³-hybridized carbons (Fsp3) is 0.143. The van der Waals surface area contributed by atoms with Crippen LogP contribution in [0.15, 0.2) is 48.7 Å². The summed E-state index contributed by atoms with van der Waals surface area (Å²) in [4.78, 5) is 4.36. The van der Waals surface area contributed by atoms with Crippen LogP contribution < -0.4 is 15.4 Å². The van der Waals surface area contributed by atoms with Gasteiger partial charge in [-0.15, -0.1) is 11.6 Å². The second-order valence-electron chi connectivity index (χ2n) is 5.99.